The topological polar surface area (TPSA) is 80.3 Å². The summed E-state index contributed by atoms with van der Waals surface area (Å²) in [7, 11) is 0. The first-order chi connectivity index (χ1) is 12.2. The third kappa shape index (κ3) is 4.51. The van der Waals surface area contributed by atoms with E-state index in [1.54, 1.807) is 12.3 Å². The number of fused-ring (bicyclic) bond motifs is 1. The number of carbonyl (C=O) groups excluding carboxylic acids is 2. The van der Waals surface area contributed by atoms with Crippen molar-refractivity contribution in [1.82, 2.24) is 10.3 Å². The number of pyridine rings is 1. The number of thioether (sulfide) groups is 1. The fourth-order valence-electron chi connectivity index (χ4n) is 2.46. The Hall–Kier alpha value is -2.54. The number of carbonyl (C=O) groups is 2. The molecule has 1 aromatic heterocycles. The van der Waals surface area contributed by atoms with Crippen LogP contribution >= 0.6 is 11.8 Å². The number of amides is 2. The second kappa shape index (κ2) is 8.02. The van der Waals surface area contributed by atoms with E-state index in [1.165, 1.54) is 11.8 Å². The van der Waals surface area contributed by atoms with Crippen LogP contribution in [-0.4, -0.2) is 28.7 Å². The summed E-state index contributed by atoms with van der Waals surface area (Å²) in [4.78, 5) is 29.4. The summed E-state index contributed by atoms with van der Waals surface area (Å²) in [5.41, 5.74) is 1.70. The van der Waals surface area contributed by atoms with Gasteiger partial charge in [-0.05, 0) is 30.7 Å². The number of hydrogen-bond acceptors (Lipinski definition) is 5. The summed E-state index contributed by atoms with van der Waals surface area (Å²) in [5.74, 6) is 0.233. The van der Waals surface area contributed by atoms with Gasteiger partial charge in [0.15, 0.2) is 0 Å². The van der Waals surface area contributed by atoms with Gasteiger partial charge >= 0.3 is 0 Å². The third-order valence-corrected chi connectivity index (χ3v) is 4.93. The Balaban J connectivity index is 1.54. The molecular weight excluding hydrogens is 338 g/mol. The first-order valence-electron chi connectivity index (χ1n) is 8.06. The van der Waals surface area contributed by atoms with Crippen molar-refractivity contribution in [3.63, 3.8) is 0 Å². The molecular formula is C18H19N3O3S. The number of anilines is 1. The summed E-state index contributed by atoms with van der Waals surface area (Å²) in [6, 6.07) is 11.2. The van der Waals surface area contributed by atoms with Gasteiger partial charge in [-0.25, -0.2) is 4.98 Å². The lowest BCUT2D eigenvalue weighted by molar-refractivity contribution is -0.124. The normalized spacial score (nSPS) is 15.9. The molecule has 3 rings (SSSR count). The van der Waals surface area contributed by atoms with Gasteiger partial charge in [-0.15, -0.1) is 11.8 Å². The van der Waals surface area contributed by atoms with E-state index in [-0.39, 0.29) is 18.2 Å². The standard InChI is InChI=1S/C18H19N3O3S/c1-2-24-17-9-12(7-8-19-17)11-20-16(22)10-15-18(23)21-13-5-3-4-6-14(13)25-15/h3-9,15H,2,10-11H2,1H3,(H,20,22)(H,21,23). The molecule has 2 aromatic rings. The molecule has 0 saturated carbocycles. The van der Waals surface area contributed by atoms with Crippen LogP contribution in [0, 0.1) is 0 Å². The molecule has 0 aliphatic carbocycles. The van der Waals surface area contributed by atoms with Crippen molar-refractivity contribution < 1.29 is 14.3 Å². The quantitative estimate of drug-likeness (QED) is 0.831. The van der Waals surface area contributed by atoms with Gasteiger partial charge in [-0.3, -0.25) is 9.59 Å². The molecule has 2 amide bonds. The van der Waals surface area contributed by atoms with Crippen LogP contribution in [0.3, 0.4) is 0 Å². The second-order valence-electron chi connectivity index (χ2n) is 5.51. The maximum absolute atomic E-state index is 12.2. The zero-order valence-electron chi connectivity index (χ0n) is 13.8. The van der Waals surface area contributed by atoms with Gasteiger partial charge in [0.2, 0.25) is 17.7 Å². The number of para-hydroxylation sites is 1. The Labute approximate surface area is 150 Å². The molecule has 130 valence electrons. The Kier molecular flexibility index (Phi) is 5.55. The summed E-state index contributed by atoms with van der Waals surface area (Å²) >= 11 is 1.42. The Morgan fingerprint density at radius 1 is 1.36 bits per heavy atom. The highest BCUT2D eigenvalue weighted by Gasteiger charge is 2.28. The van der Waals surface area contributed by atoms with Crippen molar-refractivity contribution in [2.75, 3.05) is 11.9 Å². The van der Waals surface area contributed by atoms with Crippen molar-refractivity contribution in [2.24, 2.45) is 0 Å². The molecule has 1 unspecified atom stereocenters. The van der Waals surface area contributed by atoms with Crippen molar-refractivity contribution in [2.45, 2.75) is 30.0 Å². The first kappa shape index (κ1) is 17.3. The van der Waals surface area contributed by atoms with Crippen molar-refractivity contribution in [3.05, 3.63) is 48.2 Å². The number of nitrogens with zero attached hydrogens (tertiary/aromatic N) is 1. The van der Waals surface area contributed by atoms with Crippen LogP contribution in [0.1, 0.15) is 18.9 Å². The number of nitrogens with one attached hydrogen (secondary N) is 2. The molecule has 0 saturated heterocycles. The molecule has 2 N–H and O–H groups in total. The van der Waals surface area contributed by atoms with E-state index in [1.807, 2.05) is 37.3 Å². The lowest BCUT2D eigenvalue weighted by Gasteiger charge is -2.23. The molecule has 2 heterocycles. The SMILES string of the molecule is CCOc1cc(CNC(=O)CC2Sc3ccccc3NC2=O)ccn1. The molecule has 1 atom stereocenters. The molecule has 0 fully saturated rings. The van der Waals surface area contributed by atoms with E-state index in [9.17, 15) is 9.59 Å². The number of benzene rings is 1. The third-order valence-electron chi connectivity index (χ3n) is 3.66. The Morgan fingerprint density at radius 3 is 3.04 bits per heavy atom. The van der Waals surface area contributed by atoms with E-state index < -0.39 is 5.25 Å². The van der Waals surface area contributed by atoms with Gasteiger partial charge in [-0.2, -0.15) is 0 Å². The van der Waals surface area contributed by atoms with Gasteiger partial charge in [-0.1, -0.05) is 12.1 Å². The minimum absolute atomic E-state index is 0.133. The average Bonchev–Trinajstić information content (AvgIpc) is 2.61. The highest BCUT2D eigenvalue weighted by molar-refractivity contribution is 8.01. The first-order valence-corrected chi connectivity index (χ1v) is 8.94. The molecule has 0 radical (unpaired) electrons. The predicted octanol–water partition coefficient (Wildman–Crippen LogP) is 2.60. The Bertz CT molecular complexity index is 782. The van der Waals surface area contributed by atoms with Crippen LogP contribution in [0.25, 0.3) is 0 Å². The van der Waals surface area contributed by atoms with E-state index in [0.29, 0.717) is 19.0 Å². The van der Waals surface area contributed by atoms with Crippen LogP contribution in [0.5, 0.6) is 5.88 Å². The zero-order chi connectivity index (χ0) is 17.6. The number of hydrogen-bond donors (Lipinski definition) is 2. The average molecular weight is 357 g/mol. The molecule has 7 heteroatoms. The smallest absolute Gasteiger partial charge is 0.238 e. The largest absolute Gasteiger partial charge is 0.478 e. The minimum Gasteiger partial charge on any atom is -0.478 e. The van der Waals surface area contributed by atoms with Crippen LogP contribution in [0.2, 0.25) is 0 Å². The van der Waals surface area contributed by atoms with Gasteiger partial charge in [0, 0.05) is 30.1 Å². The minimum atomic E-state index is -0.425. The van der Waals surface area contributed by atoms with Gasteiger partial charge in [0.1, 0.15) is 0 Å². The van der Waals surface area contributed by atoms with Crippen LogP contribution in [-0.2, 0) is 16.1 Å². The van der Waals surface area contributed by atoms with E-state index in [4.69, 9.17) is 4.74 Å². The molecule has 1 aliphatic rings. The van der Waals surface area contributed by atoms with Crippen molar-refractivity contribution in [1.29, 1.82) is 0 Å². The van der Waals surface area contributed by atoms with Crippen LogP contribution in [0.4, 0.5) is 5.69 Å². The lowest BCUT2D eigenvalue weighted by atomic mass is 10.2. The van der Waals surface area contributed by atoms with Gasteiger partial charge in [0.05, 0.1) is 17.5 Å². The van der Waals surface area contributed by atoms with E-state index >= 15 is 0 Å². The predicted molar refractivity (Wildman–Crippen MR) is 96.6 cm³/mol. The van der Waals surface area contributed by atoms with E-state index in [2.05, 4.69) is 15.6 Å². The highest BCUT2D eigenvalue weighted by Crippen LogP contribution is 2.36. The second-order valence-corrected chi connectivity index (χ2v) is 6.75. The van der Waals surface area contributed by atoms with Crippen molar-refractivity contribution in [3.8, 4) is 5.88 Å². The summed E-state index contributed by atoms with van der Waals surface area (Å²) in [6.07, 6.45) is 1.78. The molecule has 1 aliphatic heterocycles. The summed E-state index contributed by atoms with van der Waals surface area (Å²) < 4.78 is 5.34. The number of ether oxygens (including phenoxy) is 1. The number of rotatable bonds is 6. The molecule has 6 nitrogen and oxygen atoms in total. The van der Waals surface area contributed by atoms with Crippen LogP contribution < -0.4 is 15.4 Å². The summed E-state index contributed by atoms with van der Waals surface area (Å²) in [5, 5.41) is 5.27. The fourth-order valence-corrected chi connectivity index (χ4v) is 3.57. The van der Waals surface area contributed by atoms with Crippen LogP contribution in [0.15, 0.2) is 47.5 Å². The molecule has 0 bridgehead atoms. The maximum atomic E-state index is 12.2. The molecule has 1 aromatic carbocycles. The zero-order valence-corrected chi connectivity index (χ0v) is 14.6. The Morgan fingerprint density at radius 2 is 2.20 bits per heavy atom. The highest BCUT2D eigenvalue weighted by atomic mass is 32.2. The monoisotopic (exact) mass is 357 g/mol. The molecule has 25 heavy (non-hydrogen) atoms. The molecule has 0 spiro atoms. The van der Waals surface area contributed by atoms with Crippen molar-refractivity contribution >= 4 is 29.3 Å². The summed E-state index contributed by atoms with van der Waals surface area (Å²) in [6.45, 7) is 2.80. The van der Waals surface area contributed by atoms with Gasteiger partial charge in [0.25, 0.3) is 0 Å². The van der Waals surface area contributed by atoms with E-state index in [0.717, 1.165) is 16.1 Å². The van der Waals surface area contributed by atoms with Gasteiger partial charge < -0.3 is 15.4 Å². The lowest BCUT2D eigenvalue weighted by Crippen LogP contribution is -2.34. The maximum Gasteiger partial charge on any atom is 0.238 e. The number of aromatic nitrogens is 1. The fraction of sp³-hybridized carbons (Fsp3) is 0.278.